The number of amides is 2. The number of aliphatic carboxylic acids is 1. The summed E-state index contributed by atoms with van der Waals surface area (Å²) in [5.74, 6) is -1.49. The molecule has 2 atom stereocenters. The van der Waals surface area contributed by atoms with Gasteiger partial charge in [0.1, 0.15) is 29.9 Å². The third-order valence-electron chi connectivity index (χ3n) is 4.38. The number of nitrogens with one attached hydrogen (secondary N) is 1. The van der Waals surface area contributed by atoms with Crippen molar-refractivity contribution in [2.75, 3.05) is 18.6 Å². The molecule has 0 aromatic carbocycles. The molecule has 16 heteroatoms. The van der Waals surface area contributed by atoms with E-state index in [1.54, 1.807) is 11.6 Å². The number of nitrogens with two attached hydrogens (primary N) is 1. The lowest BCUT2D eigenvalue weighted by Crippen LogP contribution is -2.71. The Bertz CT molecular complexity index is 1120. The molecule has 1 fully saturated rings. The van der Waals surface area contributed by atoms with Gasteiger partial charge in [0, 0.05) is 21.8 Å². The fourth-order valence-electron chi connectivity index (χ4n) is 3.01. The van der Waals surface area contributed by atoms with E-state index in [9.17, 15) is 19.5 Å². The van der Waals surface area contributed by atoms with Crippen LogP contribution in [0, 0.1) is 0 Å². The van der Waals surface area contributed by atoms with E-state index >= 15 is 0 Å². The van der Waals surface area contributed by atoms with Crippen molar-refractivity contribution in [3.8, 4) is 0 Å². The maximum atomic E-state index is 12.8. The molecule has 32 heavy (non-hydrogen) atoms. The number of carbonyl (C=O) groups excluding carboxylic acids is 2. The predicted octanol–water partition coefficient (Wildman–Crippen LogP) is 0.557. The number of β-lactam (4-membered cyclic amide) rings is 1. The van der Waals surface area contributed by atoms with Crippen molar-refractivity contribution in [2.24, 2.45) is 5.16 Å². The number of nitrogen functional groups attached to an aromatic ring is 1. The van der Waals surface area contributed by atoms with Crippen LogP contribution in [0.15, 0.2) is 27.3 Å². The number of nitrogens with zero attached hydrogens (tertiary/aromatic N) is 5. The summed E-state index contributed by atoms with van der Waals surface area (Å²) < 4.78 is 3.79. The Kier molecular flexibility index (Phi) is 6.63. The molecule has 2 amide bonds. The highest BCUT2D eigenvalue weighted by molar-refractivity contribution is 8.05. The van der Waals surface area contributed by atoms with Crippen molar-refractivity contribution in [1.29, 1.82) is 0 Å². The number of rotatable bonds is 8. The zero-order chi connectivity index (χ0) is 22.8. The van der Waals surface area contributed by atoms with Crippen LogP contribution < -0.4 is 11.1 Å². The zero-order valence-corrected chi connectivity index (χ0v) is 19.5. The maximum Gasteiger partial charge on any atom is 0.353 e. The predicted molar refractivity (Wildman–Crippen MR) is 121 cm³/mol. The SMILES string of the molecule is CO/N=C(\C(=O)N[C@@H]1C(=O)N2C(C(=O)O)=C(SCc3cnns3)CS[C@@H]12)c1csc(N)n1. The van der Waals surface area contributed by atoms with Gasteiger partial charge in [-0.15, -0.1) is 40.0 Å². The summed E-state index contributed by atoms with van der Waals surface area (Å²) in [6.45, 7) is 0. The molecule has 0 unspecified atom stereocenters. The van der Waals surface area contributed by atoms with Crippen molar-refractivity contribution in [1.82, 2.24) is 24.8 Å². The molecule has 2 aromatic heterocycles. The first-order valence-corrected chi connectivity index (χ1v) is 12.5. The molecule has 0 aliphatic carbocycles. The molecule has 4 N–H and O–H groups in total. The largest absolute Gasteiger partial charge is 0.477 e. The van der Waals surface area contributed by atoms with Crippen LogP contribution >= 0.6 is 46.4 Å². The molecule has 4 rings (SSSR count). The number of anilines is 1. The number of hydrogen-bond acceptors (Lipinski definition) is 13. The Labute approximate surface area is 197 Å². The Morgan fingerprint density at radius 3 is 2.94 bits per heavy atom. The molecule has 1 saturated heterocycles. The summed E-state index contributed by atoms with van der Waals surface area (Å²) in [6, 6.07) is -0.905. The number of aromatic nitrogens is 3. The van der Waals surface area contributed by atoms with E-state index in [0.717, 1.165) is 16.2 Å². The van der Waals surface area contributed by atoms with Crippen molar-refractivity contribution < 1.29 is 24.3 Å². The molecule has 0 saturated carbocycles. The second kappa shape index (κ2) is 9.43. The first-order chi connectivity index (χ1) is 15.4. The van der Waals surface area contributed by atoms with Crippen LogP contribution in [0.25, 0.3) is 0 Å². The first-order valence-electron chi connectivity index (χ1n) is 8.84. The van der Waals surface area contributed by atoms with Gasteiger partial charge in [0.2, 0.25) is 0 Å². The average Bonchev–Trinajstić information content (AvgIpc) is 3.45. The molecule has 4 heterocycles. The number of hydrogen-bond donors (Lipinski definition) is 3. The van der Waals surface area contributed by atoms with Gasteiger partial charge in [-0.25, -0.2) is 9.78 Å². The summed E-state index contributed by atoms with van der Waals surface area (Å²) in [4.78, 5) is 48.9. The molecular weight excluding hydrogens is 498 g/mol. The topological polar surface area (TPSA) is 173 Å². The number of thiazole rings is 1. The number of thioether (sulfide) groups is 2. The minimum atomic E-state index is -1.20. The smallest absolute Gasteiger partial charge is 0.353 e. The van der Waals surface area contributed by atoms with E-state index < -0.39 is 29.2 Å². The molecule has 0 bridgehead atoms. The summed E-state index contributed by atoms with van der Waals surface area (Å²) in [5.41, 5.74) is 5.64. The van der Waals surface area contributed by atoms with Crippen LogP contribution in [0.5, 0.6) is 0 Å². The summed E-state index contributed by atoms with van der Waals surface area (Å²) in [6.07, 6.45) is 1.62. The minimum Gasteiger partial charge on any atom is -0.477 e. The fourth-order valence-corrected chi connectivity index (χ4v) is 6.69. The van der Waals surface area contributed by atoms with Gasteiger partial charge in [-0.05, 0) is 11.5 Å². The van der Waals surface area contributed by atoms with Crippen molar-refractivity contribution >= 4 is 75.0 Å². The molecular formula is C16H15N7O5S4. The third kappa shape index (κ3) is 4.30. The second-order valence-corrected chi connectivity index (χ2v) is 10.2. The van der Waals surface area contributed by atoms with Crippen LogP contribution in [0.1, 0.15) is 10.6 Å². The van der Waals surface area contributed by atoms with Gasteiger partial charge in [-0.3, -0.25) is 14.5 Å². The molecule has 168 valence electrons. The summed E-state index contributed by atoms with van der Waals surface area (Å²) in [5, 5.41) is 21.1. The quantitative estimate of drug-likeness (QED) is 0.256. The number of carboxylic acids is 1. The Morgan fingerprint density at radius 1 is 1.50 bits per heavy atom. The van der Waals surface area contributed by atoms with Gasteiger partial charge in [-0.2, -0.15) is 0 Å². The van der Waals surface area contributed by atoms with Crippen LogP contribution in [0.2, 0.25) is 0 Å². The lowest BCUT2D eigenvalue weighted by atomic mass is 10.0. The number of carbonyl (C=O) groups is 3. The second-order valence-electron chi connectivity index (χ2n) is 6.30. The lowest BCUT2D eigenvalue weighted by molar-refractivity contribution is -0.150. The van der Waals surface area contributed by atoms with Gasteiger partial charge in [0.25, 0.3) is 11.8 Å². The summed E-state index contributed by atoms with van der Waals surface area (Å²) >= 11 is 5.07. The molecule has 0 radical (unpaired) electrons. The minimum absolute atomic E-state index is 0.0650. The number of oxime groups is 1. The van der Waals surface area contributed by atoms with E-state index in [4.69, 9.17) is 10.6 Å². The lowest BCUT2D eigenvalue weighted by Gasteiger charge is -2.49. The van der Waals surface area contributed by atoms with Crippen LogP contribution in [-0.4, -0.2) is 72.4 Å². The molecule has 0 spiro atoms. The van der Waals surface area contributed by atoms with Crippen LogP contribution in [-0.2, 0) is 25.0 Å². The normalized spacial score (nSPS) is 20.6. The summed E-state index contributed by atoms with van der Waals surface area (Å²) in [7, 11) is 1.28. The first kappa shape index (κ1) is 22.5. The highest BCUT2D eigenvalue weighted by Gasteiger charge is 2.54. The van der Waals surface area contributed by atoms with Crippen molar-refractivity contribution in [3.05, 3.63) is 32.8 Å². The highest BCUT2D eigenvalue weighted by atomic mass is 32.2. The van der Waals surface area contributed by atoms with E-state index in [2.05, 4.69) is 25.0 Å². The number of fused-ring (bicyclic) bond motifs is 1. The van der Waals surface area contributed by atoms with Gasteiger partial charge in [0.05, 0.1) is 11.1 Å². The number of carboxylic acid groups (broad SMARTS) is 1. The fraction of sp³-hybridized carbons (Fsp3) is 0.312. The van der Waals surface area contributed by atoms with E-state index in [-0.39, 0.29) is 22.2 Å². The molecule has 2 aliphatic rings. The Balaban J connectivity index is 1.49. The van der Waals surface area contributed by atoms with E-state index in [1.807, 2.05) is 0 Å². The van der Waals surface area contributed by atoms with Crippen molar-refractivity contribution in [2.45, 2.75) is 17.2 Å². The Morgan fingerprint density at radius 2 is 2.31 bits per heavy atom. The average molecular weight is 514 g/mol. The van der Waals surface area contributed by atoms with Crippen molar-refractivity contribution in [3.63, 3.8) is 0 Å². The van der Waals surface area contributed by atoms with Crippen LogP contribution in [0.3, 0.4) is 0 Å². The van der Waals surface area contributed by atoms with Gasteiger partial charge >= 0.3 is 5.97 Å². The standard InChI is InChI=1S/C16H15N7O5S4/c1-28-21-9(7-4-31-16(17)19-7)12(24)20-10-13(25)23-11(15(26)27)8(5-30-14(10)23)29-3-6-2-18-22-32-6/h2,4,10,14H,3,5H2,1H3,(H2,17,19)(H,20,24)(H,26,27)/b21-9-/t10-,14+/m1/s1. The molecule has 2 aromatic rings. The zero-order valence-electron chi connectivity index (χ0n) is 16.3. The Hall–Kier alpha value is -2.69. The van der Waals surface area contributed by atoms with Gasteiger partial charge < -0.3 is 21.0 Å². The van der Waals surface area contributed by atoms with E-state index in [0.29, 0.717) is 16.4 Å². The highest BCUT2D eigenvalue weighted by Crippen LogP contribution is 2.44. The van der Waals surface area contributed by atoms with Gasteiger partial charge in [-0.1, -0.05) is 9.64 Å². The monoisotopic (exact) mass is 513 g/mol. The maximum absolute atomic E-state index is 12.8. The molecule has 12 nitrogen and oxygen atoms in total. The van der Waals surface area contributed by atoms with Gasteiger partial charge in [0.15, 0.2) is 10.8 Å². The third-order valence-corrected chi connectivity index (χ3v) is 8.50. The van der Waals surface area contributed by atoms with Crippen LogP contribution in [0.4, 0.5) is 5.13 Å². The molecule has 2 aliphatic heterocycles. The van der Waals surface area contributed by atoms with E-state index in [1.165, 1.54) is 47.1 Å².